The number of aromatic nitrogens is 2. The smallest absolute Gasteiger partial charge is 0.284 e. The Labute approximate surface area is 161 Å². The van der Waals surface area contributed by atoms with Crippen LogP contribution in [0, 0.1) is 0 Å². The minimum absolute atomic E-state index is 0.0355. The minimum Gasteiger partial charge on any atom is -0.459 e. The van der Waals surface area contributed by atoms with Gasteiger partial charge in [-0.15, -0.1) is 10.2 Å². The number of nitrogens with one attached hydrogen (secondary N) is 1. The van der Waals surface area contributed by atoms with Crippen LogP contribution in [-0.4, -0.2) is 21.9 Å². The number of hydrogen-bond donors (Lipinski definition) is 1. The van der Waals surface area contributed by atoms with Crippen LogP contribution in [0.4, 0.5) is 0 Å². The normalized spacial score (nSPS) is 14.6. The average molecular weight is 383 g/mol. The molecule has 0 saturated carbocycles. The molecule has 1 aliphatic carbocycles. The van der Waals surface area contributed by atoms with Crippen molar-refractivity contribution in [1.29, 1.82) is 0 Å². The van der Waals surface area contributed by atoms with Crippen LogP contribution in [-0.2, 0) is 17.6 Å². The molecule has 1 N–H and O–H groups in total. The predicted octanol–water partition coefficient (Wildman–Crippen LogP) is 4.18. The van der Waals surface area contributed by atoms with Crippen molar-refractivity contribution in [3.63, 3.8) is 0 Å². The molecule has 1 aromatic carbocycles. The highest BCUT2D eigenvalue weighted by Gasteiger charge is 2.16. The third-order valence-electron chi connectivity index (χ3n) is 4.72. The first-order chi connectivity index (χ1) is 13.2. The van der Waals surface area contributed by atoms with E-state index in [1.165, 1.54) is 35.7 Å². The van der Waals surface area contributed by atoms with Gasteiger partial charge in [-0.3, -0.25) is 4.79 Å². The van der Waals surface area contributed by atoms with Gasteiger partial charge < -0.3 is 14.2 Å². The highest BCUT2D eigenvalue weighted by atomic mass is 32.2. The van der Waals surface area contributed by atoms with Gasteiger partial charge in [-0.1, -0.05) is 30.0 Å². The highest BCUT2D eigenvalue weighted by Crippen LogP contribution is 2.26. The van der Waals surface area contributed by atoms with Crippen LogP contribution < -0.4 is 5.32 Å². The first-order valence-corrected chi connectivity index (χ1v) is 10.1. The molecule has 0 bridgehead atoms. The third-order valence-corrected chi connectivity index (χ3v) is 5.53. The number of aryl methyl sites for hydroxylation is 2. The zero-order valence-electron chi connectivity index (χ0n) is 15.1. The SMILES string of the molecule is C[C@@H](NC(=O)CSc1nnc(-c2ccco2)o1)c1ccc2c(c1)CCCC2. The fourth-order valence-corrected chi connectivity index (χ4v) is 3.86. The number of rotatable bonds is 6. The summed E-state index contributed by atoms with van der Waals surface area (Å²) in [6.07, 6.45) is 6.36. The van der Waals surface area contributed by atoms with Gasteiger partial charge >= 0.3 is 0 Å². The monoisotopic (exact) mass is 383 g/mol. The molecule has 1 aliphatic rings. The van der Waals surface area contributed by atoms with Crippen molar-refractivity contribution in [2.75, 3.05) is 5.75 Å². The Morgan fingerprint density at radius 3 is 2.89 bits per heavy atom. The van der Waals surface area contributed by atoms with Crippen molar-refractivity contribution in [3.8, 4) is 11.7 Å². The summed E-state index contributed by atoms with van der Waals surface area (Å²) < 4.78 is 10.7. The molecule has 0 spiro atoms. The molecule has 2 aromatic heterocycles. The molecule has 27 heavy (non-hydrogen) atoms. The summed E-state index contributed by atoms with van der Waals surface area (Å²) in [6, 6.07) is 10.0. The second-order valence-corrected chi connectivity index (χ2v) is 7.59. The average Bonchev–Trinajstić information content (AvgIpc) is 3.37. The Balaban J connectivity index is 1.31. The quantitative estimate of drug-likeness (QED) is 0.643. The van der Waals surface area contributed by atoms with Crippen LogP contribution in [0.5, 0.6) is 0 Å². The Morgan fingerprint density at radius 1 is 1.22 bits per heavy atom. The molecule has 4 rings (SSSR count). The molecule has 0 saturated heterocycles. The number of amides is 1. The maximum atomic E-state index is 12.3. The van der Waals surface area contributed by atoms with E-state index in [2.05, 4.69) is 33.7 Å². The van der Waals surface area contributed by atoms with Gasteiger partial charge in [0.1, 0.15) is 0 Å². The largest absolute Gasteiger partial charge is 0.459 e. The Morgan fingerprint density at radius 2 is 2.07 bits per heavy atom. The van der Waals surface area contributed by atoms with E-state index in [-0.39, 0.29) is 17.7 Å². The third kappa shape index (κ3) is 4.24. The van der Waals surface area contributed by atoms with Gasteiger partial charge in [0.05, 0.1) is 18.1 Å². The van der Waals surface area contributed by atoms with E-state index in [9.17, 15) is 4.79 Å². The van der Waals surface area contributed by atoms with Crippen LogP contribution in [0.15, 0.2) is 50.7 Å². The molecule has 0 fully saturated rings. The molecule has 0 unspecified atom stereocenters. The minimum atomic E-state index is -0.0667. The Bertz CT molecular complexity index is 920. The molecular formula is C20H21N3O3S. The standard InChI is InChI=1S/C20H21N3O3S/c1-13(15-9-8-14-5-2-3-6-16(14)11-15)21-18(24)12-27-20-23-22-19(26-20)17-7-4-10-25-17/h4,7-11,13H,2-3,5-6,12H2,1H3,(H,21,24)/t13-/m1/s1. The highest BCUT2D eigenvalue weighted by molar-refractivity contribution is 7.99. The number of fused-ring (bicyclic) bond motifs is 1. The van der Waals surface area contributed by atoms with Gasteiger partial charge in [0.2, 0.25) is 5.91 Å². The zero-order chi connectivity index (χ0) is 18.6. The fraction of sp³-hybridized carbons (Fsp3) is 0.350. The second kappa shape index (κ2) is 8.00. The Hall–Kier alpha value is -2.54. The van der Waals surface area contributed by atoms with Crippen molar-refractivity contribution in [1.82, 2.24) is 15.5 Å². The van der Waals surface area contributed by atoms with Gasteiger partial charge in [-0.2, -0.15) is 0 Å². The molecule has 2 heterocycles. The summed E-state index contributed by atoms with van der Waals surface area (Å²) in [5, 5.41) is 11.2. The molecule has 3 aromatic rings. The number of hydrogen-bond acceptors (Lipinski definition) is 6. The summed E-state index contributed by atoms with van der Waals surface area (Å²) >= 11 is 1.21. The van der Waals surface area contributed by atoms with E-state index in [4.69, 9.17) is 8.83 Å². The lowest BCUT2D eigenvalue weighted by Gasteiger charge is -2.20. The van der Waals surface area contributed by atoms with Crippen molar-refractivity contribution < 1.29 is 13.6 Å². The molecular weight excluding hydrogens is 362 g/mol. The van der Waals surface area contributed by atoms with Crippen LogP contribution in [0.3, 0.4) is 0 Å². The summed E-state index contributed by atoms with van der Waals surface area (Å²) in [7, 11) is 0. The maximum absolute atomic E-state index is 12.3. The molecule has 1 atom stereocenters. The topological polar surface area (TPSA) is 81.2 Å². The lowest BCUT2D eigenvalue weighted by Crippen LogP contribution is -2.28. The van der Waals surface area contributed by atoms with E-state index in [0.29, 0.717) is 16.9 Å². The van der Waals surface area contributed by atoms with Gasteiger partial charge in [0.15, 0.2) is 5.76 Å². The molecule has 0 radical (unpaired) electrons. The lowest BCUT2D eigenvalue weighted by atomic mass is 9.89. The number of carbonyl (C=O) groups excluding carboxylic acids is 1. The number of furan rings is 1. The van der Waals surface area contributed by atoms with E-state index in [0.717, 1.165) is 18.4 Å². The molecule has 7 heteroatoms. The van der Waals surface area contributed by atoms with Crippen molar-refractivity contribution in [2.24, 2.45) is 0 Å². The predicted molar refractivity (Wildman–Crippen MR) is 102 cm³/mol. The van der Waals surface area contributed by atoms with E-state index >= 15 is 0 Å². The summed E-state index contributed by atoms with van der Waals surface area (Å²) in [5.74, 6) is 0.975. The molecule has 6 nitrogen and oxygen atoms in total. The maximum Gasteiger partial charge on any atom is 0.284 e. The van der Waals surface area contributed by atoms with Crippen molar-refractivity contribution >= 4 is 17.7 Å². The number of benzene rings is 1. The van der Waals surface area contributed by atoms with Gasteiger partial charge in [0, 0.05) is 0 Å². The van der Waals surface area contributed by atoms with Gasteiger partial charge in [-0.05, 0) is 61.4 Å². The zero-order valence-corrected chi connectivity index (χ0v) is 15.9. The lowest BCUT2D eigenvalue weighted by molar-refractivity contribution is -0.119. The first-order valence-electron chi connectivity index (χ1n) is 9.10. The second-order valence-electron chi connectivity index (χ2n) is 6.66. The van der Waals surface area contributed by atoms with Gasteiger partial charge in [-0.25, -0.2) is 0 Å². The number of nitrogens with zero attached hydrogens (tertiary/aromatic N) is 2. The molecule has 0 aliphatic heterocycles. The fourth-order valence-electron chi connectivity index (χ4n) is 3.28. The van der Waals surface area contributed by atoms with E-state index in [1.54, 1.807) is 18.4 Å². The van der Waals surface area contributed by atoms with E-state index in [1.807, 2.05) is 6.92 Å². The molecule has 140 valence electrons. The summed E-state index contributed by atoms with van der Waals surface area (Å²) in [6.45, 7) is 2.01. The van der Waals surface area contributed by atoms with Crippen LogP contribution in [0.2, 0.25) is 0 Å². The molecule has 1 amide bonds. The summed E-state index contributed by atoms with van der Waals surface area (Å²) in [4.78, 5) is 12.3. The van der Waals surface area contributed by atoms with Crippen LogP contribution >= 0.6 is 11.8 Å². The van der Waals surface area contributed by atoms with Crippen LogP contribution in [0.25, 0.3) is 11.7 Å². The van der Waals surface area contributed by atoms with Crippen molar-refractivity contribution in [2.45, 2.75) is 43.9 Å². The first kappa shape index (κ1) is 17.9. The summed E-state index contributed by atoms with van der Waals surface area (Å²) in [5.41, 5.74) is 4.01. The Kier molecular flexibility index (Phi) is 5.29. The number of thioether (sulfide) groups is 1. The number of carbonyl (C=O) groups is 1. The van der Waals surface area contributed by atoms with Gasteiger partial charge in [0.25, 0.3) is 11.1 Å². The van der Waals surface area contributed by atoms with Crippen molar-refractivity contribution in [3.05, 3.63) is 53.3 Å². The van der Waals surface area contributed by atoms with Crippen LogP contribution in [0.1, 0.15) is 42.5 Å². The van der Waals surface area contributed by atoms with E-state index < -0.39 is 0 Å².